The molecule has 0 saturated carbocycles. The molecule has 3 aromatic carbocycles. The molecule has 1 N–H and O–H groups in total. The molecule has 156 valence electrons. The molecule has 1 aliphatic rings. The van der Waals surface area contributed by atoms with Crippen molar-refractivity contribution in [2.24, 2.45) is 0 Å². The second-order valence-electron chi connectivity index (χ2n) is 8.02. The highest BCUT2D eigenvalue weighted by molar-refractivity contribution is 5.95. The zero-order valence-corrected chi connectivity index (χ0v) is 17.3. The van der Waals surface area contributed by atoms with Gasteiger partial charge in [-0.05, 0) is 49.2 Å². The number of fused-ring (bicyclic) bond motifs is 1. The Morgan fingerprint density at radius 1 is 0.968 bits per heavy atom. The van der Waals surface area contributed by atoms with Crippen LogP contribution < -0.4 is 5.32 Å². The Hall–Kier alpha value is -3.44. The number of hydrogen-bond acceptors (Lipinski definition) is 4. The van der Waals surface area contributed by atoms with E-state index in [1.807, 2.05) is 84.9 Å². The maximum Gasteiger partial charge on any atom is 0.246 e. The number of carbonyl (C=O) groups is 1. The van der Waals surface area contributed by atoms with Gasteiger partial charge in [-0.25, -0.2) is 4.98 Å². The van der Waals surface area contributed by atoms with Gasteiger partial charge < -0.3 is 9.73 Å². The van der Waals surface area contributed by atoms with Gasteiger partial charge in [-0.3, -0.25) is 9.69 Å². The van der Waals surface area contributed by atoms with Crippen molar-refractivity contribution >= 4 is 22.7 Å². The summed E-state index contributed by atoms with van der Waals surface area (Å²) in [6.07, 6.45) is 2.00. The predicted molar refractivity (Wildman–Crippen MR) is 122 cm³/mol. The van der Waals surface area contributed by atoms with Crippen molar-refractivity contribution in [1.29, 1.82) is 0 Å². The molecule has 1 amide bonds. The fourth-order valence-corrected chi connectivity index (χ4v) is 4.40. The number of carbonyl (C=O) groups excluding carboxylic acids is 1. The van der Waals surface area contributed by atoms with E-state index in [4.69, 9.17) is 9.40 Å². The van der Waals surface area contributed by atoms with Gasteiger partial charge in [-0.2, -0.15) is 0 Å². The molecule has 0 radical (unpaired) electrons. The zero-order chi connectivity index (χ0) is 21.0. The van der Waals surface area contributed by atoms with Gasteiger partial charge in [0, 0.05) is 18.2 Å². The smallest absolute Gasteiger partial charge is 0.246 e. The number of amides is 1. The third-order valence-electron chi connectivity index (χ3n) is 5.88. The van der Waals surface area contributed by atoms with Crippen LogP contribution in [-0.4, -0.2) is 28.9 Å². The number of rotatable bonds is 5. The number of oxazole rings is 1. The van der Waals surface area contributed by atoms with Gasteiger partial charge >= 0.3 is 0 Å². The Morgan fingerprint density at radius 2 is 1.68 bits per heavy atom. The molecule has 4 aromatic rings. The van der Waals surface area contributed by atoms with Crippen LogP contribution in [0.4, 0.5) is 5.69 Å². The number of nitrogens with one attached hydrogen (secondary N) is 1. The largest absolute Gasteiger partial charge is 0.440 e. The highest BCUT2D eigenvalue weighted by Crippen LogP contribution is 2.33. The molecular weight excluding hydrogens is 386 g/mol. The van der Waals surface area contributed by atoms with Crippen molar-refractivity contribution in [2.75, 3.05) is 18.4 Å². The summed E-state index contributed by atoms with van der Waals surface area (Å²) in [6.45, 7) is 1.59. The number of aromatic nitrogens is 1. The van der Waals surface area contributed by atoms with Crippen LogP contribution in [-0.2, 0) is 4.79 Å². The monoisotopic (exact) mass is 411 g/mol. The summed E-state index contributed by atoms with van der Waals surface area (Å²) in [5.41, 5.74) is 3.50. The molecule has 31 heavy (non-hydrogen) atoms. The lowest BCUT2D eigenvalue weighted by Gasteiger charge is -2.36. The number of likely N-dealkylation sites (tertiary alicyclic amines) is 1. The quantitative estimate of drug-likeness (QED) is 0.479. The second kappa shape index (κ2) is 8.74. The Morgan fingerprint density at radius 3 is 2.45 bits per heavy atom. The van der Waals surface area contributed by atoms with Gasteiger partial charge in [0.1, 0.15) is 11.6 Å². The van der Waals surface area contributed by atoms with Crippen LogP contribution in [0, 0.1) is 0 Å². The van der Waals surface area contributed by atoms with Crippen molar-refractivity contribution < 1.29 is 9.21 Å². The van der Waals surface area contributed by atoms with Crippen molar-refractivity contribution in [3.8, 4) is 0 Å². The molecule has 5 heteroatoms. The molecule has 0 aliphatic carbocycles. The number of para-hydroxylation sites is 3. The van der Waals surface area contributed by atoms with Gasteiger partial charge in [-0.1, -0.05) is 60.7 Å². The summed E-state index contributed by atoms with van der Waals surface area (Å²) >= 11 is 0. The van der Waals surface area contributed by atoms with E-state index in [0.29, 0.717) is 0 Å². The van der Waals surface area contributed by atoms with Gasteiger partial charge in [-0.15, -0.1) is 0 Å². The lowest BCUT2D eigenvalue weighted by Crippen LogP contribution is -2.42. The molecule has 1 aliphatic heterocycles. The first-order chi connectivity index (χ1) is 15.3. The highest BCUT2D eigenvalue weighted by Gasteiger charge is 2.34. The molecule has 1 aromatic heterocycles. The first kappa shape index (κ1) is 19.5. The highest BCUT2D eigenvalue weighted by atomic mass is 16.3. The van der Waals surface area contributed by atoms with Gasteiger partial charge in [0.15, 0.2) is 11.5 Å². The minimum absolute atomic E-state index is 0.0179. The van der Waals surface area contributed by atoms with Crippen molar-refractivity contribution in [2.45, 2.75) is 24.8 Å². The fraction of sp³-hybridized carbons (Fsp3) is 0.231. The van der Waals surface area contributed by atoms with Crippen LogP contribution in [0.5, 0.6) is 0 Å². The molecule has 5 rings (SSSR count). The van der Waals surface area contributed by atoms with Crippen LogP contribution in [0.3, 0.4) is 0 Å². The SMILES string of the molecule is O=C(Nc1ccccc1)C(c1ccccc1)N1CCCC(c2nc3ccccc3o2)C1. The van der Waals surface area contributed by atoms with E-state index >= 15 is 0 Å². The average Bonchev–Trinajstić information content (AvgIpc) is 3.25. The van der Waals surface area contributed by atoms with E-state index in [2.05, 4.69) is 10.2 Å². The summed E-state index contributed by atoms with van der Waals surface area (Å²) < 4.78 is 6.06. The van der Waals surface area contributed by atoms with E-state index in [0.717, 1.165) is 54.2 Å². The number of piperidine rings is 1. The molecule has 2 unspecified atom stereocenters. The van der Waals surface area contributed by atoms with E-state index < -0.39 is 0 Å². The Balaban J connectivity index is 1.42. The molecule has 5 nitrogen and oxygen atoms in total. The van der Waals surface area contributed by atoms with E-state index in [1.54, 1.807) is 0 Å². The molecular formula is C26H25N3O2. The third-order valence-corrected chi connectivity index (χ3v) is 5.88. The normalized spacial score (nSPS) is 18.0. The summed E-state index contributed by atoms with van der Waals surface area (Å²) in [6, 6.07) is 27.1. The van der Waals surface area contributed by atoms with Crippen molar-refractivity contribution in [3.63, 3.8) is 0 Å². The Labute approximate surface area is 181 Å². The van der Waals surface area contributed by atoms with Crippen LogP contribution in [0.1, 0.15) is 36.3 Å². The number of hydrogen-bond donors (Lipinski definition) is 1. The lowest BCUT2D eigenvalue weighted by molar-refractivity contribution is -0.122. The summed E-state index contributed by atoms with van der Waals surface area (Å²) in [5, 5.41) is 3.09. The van der Waals surface area contributed by atoms with Crippen molar-refractivity contribution in [1.82, 2.24) is 9.88 Å². The molecule has 1 fully saturated rings. The molecule has 0 bridgehead atoms. The van der Waals surface area contributed by atoms with Crippen molar-refractivity contribution in [3.05, 3.63) is 96.4 Å². The standard InChI is InChI=1S/C26H25N3O2/c30-25(27-21-13-5-2-6-14-21)24(19-10-3-1-4-11-19)29-17-9-12-20(18-29)26-28-22-15-7-8-16-23(22)31-26/h1-8,10-11,13-16,20,24H,9,12,17-18H2,(H,27,30). The molecule has 0 spiro atoms. The minimum Gasteiger partial charge on any atom is -0.440 e. The molecule has 2 heterocycles. The first-order valence-corrected chi connectivity index (χ1v) is 10.8. The van der Waals surface area contributed by atoms with Crippen LogP contribution in [0.25, 0.3) is 11.1 Å². The summed E-state index contributed by atoms with van der Waals surface area (Å²) in [5.74, 6) is 0.911. The van der Waals surface area contributed by atoms with Gasteiger partial charge in [0.05, 0.1) is 0 Å². The number of nitrogens with zero attached hydrogens (tertiary/aromatic N) is 2. The minimum atomic E-state index is -0.367. The third kappa shape index (κ3) is 4.23. The van der Waals surface area contributed by atoms with Gasteiger partial charge in [0.2, 0.25) is 5.91 Å². The van der Waals surface area contributed by atoms with E-state index in [1.165, 1.54) is 0 Å². The Kier molecular flexibility index (Phi) is 5.50. The lowest BCUT2D eigenvalue weighted by atomic mass is 9.94. The number of anilines is 1. The van der Waals surface area contributed by atoms with E-state index in [9.17, 15) is 4.79 Å². The second-order valence-corrected chi connectivity index (χ2v) is 8.02. The van der Waals surface area contributed by atoms with Gasteiger partial charge in [0.25, 0.3) is 0 Å². The summed E-state index contributed by atoms with van der Waals surface area (Å²) in [7, 11) is 0. The maximum absolute atomic E-state index is 13.4. The molecule has 1 saturated heterocycles. The van der Waals surface area contributed by atoms with Crippen LogP contribution in [0.15, 0.2) is 89.3 Å². The molecule has 2 atom stereocenters. The predicted octanol–water partition coefficient (Wildman–Crippen LogP) is 5.39. The topological polar surface area (TPSA) is 58.4 Å². The van der Waals surface area contributed by atoms with Crippen LogP contribution >= 0.6 is 0 Å². The average molecular weight is 412 g/mol. The number of benzene rings is 3. The summed E-state index contributed by atoms with van der Waals surface area (Å²) in [4.78, 5) is 20.4. The Bertz CT molecular complexity index is 1120. The first-order valence-electron chi connectivity index (χ1n) is 10.8. The maximum atomic E-state index is 13.4. The zero-order valence-electron chi connectivity index (χ0n) is 17.3. The fourth-order valence-electron chi connectivity index (χ4n) is 4.40. The van der Waals surface area contributed by atoms with E-state index in [-0.39, 0.29) is 17.9 Å². The van der Waals surface area contributed by atoms with Crippen LogP contribution in [0.2, 0.25) is 0 Å².